The van der Waals surface area contributed by atoms with Crippen molar-refractivity contribution in [3.63, 3.8) is 0 Å². The second kappa shape index (κ2) is 6.10. The first-order chi connectivity index (χ1) is 7.15. The van der Waals surface area contributed by atoms with E-state index in [2.05, 4.69) is 29.5 Å². The molecule has 82 valence electrons. The maximum atomic E-state index is 11.9. The Bertz CT molecular complexity index is 321. The molecule has 1 aromatic rings. The number of nitrogens with zero attached hydrogens (tertiary/aromatic N) is 1. The maximum Gasteiger partial charge on any atom is 0.253 e. The van der Waals surface area contributed by atoms with Crippen LogP contribution in [0.2, 0.25) is 0 Å². The molecule has 0 saturated heterocycles. The number of halogens is 1. The molecule has 0 aliphatic heterocycles. The first kappa shape index (κ1) is 12.5. The van der Waals surface area contributed by atoms with E-state index in [1.807, 2.05) is 31.3 Å². The lowest BCUT2D eigenvalue weighted by Crippen LogP contribution is -2.27. The van der Waals surface area contributed by atoms with Gasteiger partial charge in [-0.25, -0.2) is 0 Å². The lowest BCUT2D eigenvalue weighted by atomic mass is 10.2. The fourth-order valence-corrected chi connectivity index (χ4v) is 1.67. The molecule has 0 radical (unpaired) electrons. The van der Waals surface area contributed by atoms with E-state index in [9.17, 15) is 4.79 Å². The fraction of sp³-hybridized carbons (Fsp3) is 0.417. The zero-order valence-electron chi connectivity index (χ0n) is 9.16. The SMILES string of the molecule is CCCCN(C)C(=O)c1ccc(I)cc1. The summed E-state index contributed by atoms with van der Waals surface area (Å²) in [5, 5.41) is 0. The molecule has 1 aromatic carbocycles. The smallest absolute Gasteiger partial charge is 0.253 e. The van der Waals surface area contributed by atoms with Crippen LogP contribution in [-0.2, 0) is 0 Å². The van der Waals surface area contributed by atoms with Crippen LogP contribution >= 0.6 is 22.6 Å². The summed E-state index contributed by atoms with van der Waals surface area (Å²) in [5.41, 5.74) is 0.772. The van der Waals surface area contributed by atoms with Crippen LogP contribution in [0.1, 0.15) is 30.1 Å². The van der Waals surface area contributed by atoms with E-state index < -0.39 is 0 Å². The van der Waals surface area contributed by atoms with Crippen LogP contribution in [0.4, 0.5) is 0 Å². The summed E-state index contributed by atoms with van der Waals surface area (Å²) in [6, 6.07) is 7.68. The van der Waals surface area contributed by atoms with E-state index in [-0.39, 0.29) is 5.91 Å². The highest BCUT2D eigenvalue weighted by atomic mass is 127. The number of carbonyl (C=O) groups is 1. The largest absolute Gasteiger partial charge is 0.342 e. The lowest BCUT2D eigenvalue weighted by Gasteiger charge is -2.16. The average Bonchev–Trinajstić information content (AvgIpc) is 2.26. The highest BCUT2D eigenvalue weighted by Gasteiger charge is 2.09. The van der Waals surface area contributed by atoms with E-state index in [1.165, 1.54) is 0 Å². The minimum Gasteiger partial charge on any atom is -0.342 e. The molecule has 0 unspecified atom stereocenters. The van der Waals surface area contributed by atoms with Gasteiger partial charge in [-0.05, 0) is 53.3 Å². The van der Waals surface area contributed by atoms with Crippen molar-refractivity contribution < 1.29 is 4.79 Å². The van der Waals surface area contributed by atoms with Gasteiger partial charge in [0.2, 0.25) is 0 Å². The van der Waals surface area contributed by atoms with Crippen molar-refractivity contribution in [1.29, 1.82) is 0 Å². The van der Waals surface area contributed by atoms with Gasteiger partial charge in [0.15, 0.2) is 0 Å². The van der Waals surface area contributed by atoms with Gasteiger partial charge in [-0.2, -0.15) is 0 Å². The molecule has 0 aliphatic carbocycles. The Kier molecular flexibility index (Phi) is 5.08. The summed E-state index contributed by atoms with van der Waals surface area (Å²) in [5.74, 6) is 0.111. The van der Waals surface area contributed by atoms with E-state index in [1.54, 1.807) is 4.90 Å². The topological polar surface area (TPSA) is 20.3 Å². The minimum absolute atomic E-state index is 0.111. The van der Waals surface area contributed by atoms with Gasteiger partial charge in [-0.15, -0.1) is 0 Å². The average molecular weight is 317 g/mol. The zero-order chi connectivity index (χ0) is 11.3. The molecule has 3 heteroatoms. The van der Waals surface area contributed by atoms with Crippen molar-refractivity contribution >= 4 is 28.5 Å². The maximum absolute atomic E-state index is 11.9. The molecule has 0 N–H and O–H groups in total. The van der Waals surface area contributed by atoms with Crippen molar-refractivity contribution in [2.45, 2.75) is 19.8 Å². The number of carbonyl (C=O) groups excluding carboxylic acids is 1. The highest BCUT2D eigenvalue weighted by Crippen LogP contribution is 2.09. The third-order valence-corrected chi connectivity index (χ3v) is 3.00. The van der Waals surface area contributed by atoms with Crippen LogP contribution in [0.5, 0.6) is 0 Å². The number of amides is 1. The summed E-state index contributed by atoms with van der Waals surface area (Å²) in [6.07, 6.45) is 2.18. The molecule has 1 rings (SSSR count). The Morgan fingerprint density at radius 3 is 2.47 bits per heavy atom. The van der Waals surface area contributed by atoms with Gasteiger partial charge < -0.3 is 4.90 Å². The summed E-state index contributed by atoms with van der Waals surface area (Å²) in [7, 11) is 1.86. The minimum atomic E-state index is 0.111. The zero-order valence-corrected chi connectivity index (χ0v) is 11.3. The molecule has 0 atom stereocenters. The first-order valence-corrected chi connectivity index (χ1v) is 6.24. The number of rotatable bonds is 4. The van der Waals surface area contributed by atoms with Crippen LogP contribution < -0.4 is 0 Å². The van der Waals surface area contributed by atoms with Crippen LogP contribution in [-0.4, -0.2) is 24.4 Å². The van der Waals surface area contributed by atoms with Gasteiger partial charge in [0.1, 0.15) is 0 Å². The standard InChI is InChI=1S/C12H16INO/c1-3-4-9-14(2)12(15)10-5-7-11(13)8-6-10/h5-8H,3-4,9H2,1-2H3. The highest BCUT2D eigenvalue weighted by molar-refractivity contribution is 14.1. The van der Waals surface area contributed by atoms with E-state index in [0.717, 1.165) is 28.5 Å². The second-order valence-electron chi connectivity index (χ2n) is 3.59. The normalized spacial score (nSPS) is 10.1. The van der Waals surface area contributed by atoms with Crippen LogP contribution in [0.25, 0.3) is 0 Å². The van der Waals surface area contributed by atoms with Crippen molar-refractivity contribution in [1.82, 2.24) is 4.90 Å². The van der Waals surface area contributed by atoms with Gasteiger partial charge in [-0.1, -0.05) is 13.3 Å². The molecule has 15 heavy (non-hydrogen) atoms. The number of benzene rings is 1. The molecule has 2 nitrogen and oxygen atoms in total. The monoisotopic (exact) mass is 317 g/mol. The Labute approximate surface area is 105 Å². The molecular weight excluding hydrogens is 301 g/mol. The molecule has 1 amide bonds. The van der Waals surface area contributed by atoms with Crippen molar-refractivity contribution in [3.05, 3.63) is 33.4 Å². The number of hydrogen-bond donors (Lipinski definition) is 0. The third-order valence-electron chi connectivity index (χ3n) is 2.28. The molecule has 0 fully saturated rings. The molecule has 0 saturated carbocycles. The van der Waals surface area contributed by atoms with Gasteiger partial charge in [-0.3, -0.25) is 4.79 Å². The summed E-state index contributed by atoms with van der Waals surface area (Å²) in [4.78, 5) is 13.7. The summed E-state index contributed by atoms with van der Waals surface area (Å²) in [6.45, 7) is 2.96. The molecule has 0 bridgehead atoms. The quantitative estimate of drug-likeness (QED) is 0.781. The van der Waals surface area contributed by atoms with Gasteiger partial charge in [0, 0.05) is 22.7 Å². The Morgan fingerprint density at radius 1 is 1.33 bits per heavy atom. The molecule has 0 spiro atoms. The van der Waals surface area contributed by atoms with Crippen LogP contribution in [0.3, 0.4) is 0 Å². The van der Waals surface area contributed by atoms with Crippen molar-refractivity contribution in [2.24, 2.45) is 0 Å². The van der Waals surface area contributed by atoms with Gasteiger partial charge >= 0.3 is 0 Å². The fourth-order valence-electron chi connectivity index (χ4n) is 1.31. The molecule has 0 aromatic heterocycles. The molecular formula is C12H16INO. The summed E-state index contributed by atoms with van der Waals surface area (Å²) < 4.78 is 1.15. The Balaban J connectivity index is 2.63. The van der Waals surface area contributed by atoms with E-state index >= 15 is 0 Å². The third kappa shape index (κ3) is 3.81. The van der Waals surface area contributed by atoms with E-state index in [4.69, 9.17) is 0 Å². The van der Waals surface area contributed by atoms with Crippen molar-refractivity contribution in [3.8, 4) is 0 Å². The number of hydrogen-bond acceptors (Lipinski definition) is 1. The predicted octanol–water partition coefficient (Wildman–Crippen LogP) is 3.16. The van der Waals surface area contributed by atoms with Crippen LogP contribution in [0.15, 0.2) is 24.3 Å². The van der Waals surface area contributed by atoms with Gasteiger partial charge in [0.05, 0.1) is 0 Å². The van der Waals surface area contributed by atoms with E-state index in [0.29, 0.717) is 0 Å². The number of unbranched alkanes of at least 4 members (excludes halogenated alkanes) is 1. The second-order valence-corrected chi connectivity index (χ2v) is 4.83. The van der Waals surface area contributed by atoms with Crippen molar-refractivity contribution in [2.75, 3.05) is 13.6 Å². The lowest BCUT2D eigenvalue weighted by molar-refractivity contribution is 0.0793. The molecule has 0 heterocycles. The van der Waals surface area contributed by atoms with Gasteiger partial charge in [0.25, 0.3) is 5.91 Å². The Morgan fingerprint density at radius 2 is 1.93 bits per heavy atom. The molecule has 0 aliphatic rings. The Hall–Kier alpha value is -0.580. The van der Waals surface area contributed by atoms with Crippen LogP contribution in [0, 0.1) is 3.57 Å². The predicted molar refractivity (Wildman–Crippen MR) is 71.0 cm³/mol. The summed E-state index contributed by atoms with van der Waals surface area (Å²) >= 11 is 2.23. The first-order valence-electron chi connectivity index (χ1n) is 5.16.